The molecule has 0 fully saturated rings. The summed E-state index contributed by atoms with van der Waals surface area (Å²) in [5.74, 6) is 0. The van der Waals surface area contributed by atoms with E-state index in [1.807, 2.05) is 0 Å². The van der Waals surface area contributed by atoms with Crippen LogP contribution in [0.2, 0.25) is 0 Å². The summed E-state index contributed by atoms with van der Waals surface area (Å²) in [7, 11) is 0. The topological polar surface area (TPSA) is 64.3 Å². The summed E-state index contributed by atoms with van der Waals surface area (Å²) in [4.78, 5) is 10.1. The third-order valence-corrected chi connectivity index (χ3v) is 1.19. The number of carbonyl (C=O) groups excluding carboxylic acids is 1. The molecule has 2 amide bonds. The molecule has 0 aromatic rings. The zero-order valence-electron chi connectivity index (χ0n) is 6.93. The van der Waals surface area contributed by atoms with Gasteiger partial charge in [-0.3, -0.25) is 0 Å². The molecule has 0 aliphatic rings. The van der Waals surface area contributed by atoms with Crippen LogP contribution in [0.4, 0.5) is 4.79 Å². The second kappa shape index (κ2) is 7.34. The summed E-state index contributed by atoms with van der Waals surface area (Å²) in [6, 6.07) is -0.496. The third kappa shape index (κ3) is 9.23. The summed E-state index contributed by atoms with van der Waals surface area (Å²) in [5.41, 5.74) is 4.83. The molecule has 3 N–H and O–H groups in total. The molecule has 4 heteroatoms. The molecular formula is C7H16N2O2. The number of nitrogens with two attached hydrogens (primary N) is 1. The van der Waals surface area contributed by atoms with Crippen molar-refractivity contribution in [3.63, 3.8) is 0 Å². The molecule has 0 radical (unpaired) electrons. The van der Waals surface area contributed by atoms with E-state index in [2.05, 4.69) is 12.2 Å². The molecule has 66 valence electrons. The Hall–Kier alpha value is -0.770. The van der Waals surface area contributed by atoms with Crippen LogP contribution in [0.25, 0.3) is 0 Å². The second-order valence-electron chi connectivity index (χ2n) is 2.26. The highest BCUT2D eigenvalue weighted by atomic mass is 16.5. The number of hydrogen-bond donors (Lipinski definition) is 2. The number of amides is 2. The van der Waals surface area contributed by atoms with E-state index in [-0.39, 0.29) is 0 Å². The van der Waals surface area contributed by atoms with Gasteiger partial charge in [0, 0.05) is 13.2 Å². The average molecular weight is 160 g/mol. The van der Waals surface area contributed by atoms with Gasteiger partial charge in [0.25, 0.3) is 0 Å². The number of hydrogen-bond acceptors (Lipinski definition) is 2. The summed E-state index contributed by atoms with van der Waals surface area (Å²) in [6.07, 6.45) is 2.19. The lowest BCUT2D eigenvalue weighted by Gasteiger charge is -2.02. The SMILES string of the molecule is CCCCOCCNC(N)=O. The number of unbranched alkanes of at least 4 members (excludes halogenated alkanes) is 1. The van der Waals surface area contributed by atoms with Crippen molar-refractivity contribution in [3.05, 3.63) is 0 Å². The maximum atomic E-state index is 10.1. The Morgan fingerprint density at radius 1 is 1.55 bits per heavy atom. The van der Waals surface area contributed by atoms with Crippen molar-refractivity contribution in [2.45, 2.75) is 19.8 Å². The van der Waals surface area contributed by atoms with Crippen LogP contribution >= 0.6 is 0 Å². The van der Waals surface area contributed by atoms with Gasteiger partial charge in [-0.15, -0.1) is 0 Å². The van der Waals surface area contributed by atoms with Crippen molar-refractivity contribution in [2.75, 3.05) is 19.8 Å². The van der Waals surface area contributed by atoms with E-state index >= 15 is 0 Å². The van der Waals surface area contributed by atoms with Gasteiger partial charge in [-0.1, -0.05) is 13.3 Å². The molecule has 0 aromatic heterocycles. The number of primary amides is 1. The number of ether oxygens (including phenoxy) is 1. The normalized spacial score (nSPS) is 9.55. The zero-order valence-corrected chi connectivity index (χ0v) is 6.93. The van der Waals surface area contributed by atoms with Crippen molar-refractivity contribution < 1.29 is 9.53 Å². The van der Waals surface area contributed by atoms with Gasteiger partial charge < -0.3 is 15.8 Å². The van der Waals surface area contributed by atoms with Gasteiger partial charge >= 0.3 is 6.03 Å². The van der Waals surface area contributed by atoms with Crippen LogP contribution in [0.5, 0.6) is 0 Å². The Labute approximate surface area is 67.1 Å². The number of urea groups is 1. The van der Waals surface area contributed by atoms with Crippen LogP contribution in [-0.4, -0.2) is 25.8 Å². The molecule has 11 heavy (non-hydrogen) atoms. The van der Waals surface area contributed by atoms with Crippen LogP contribution in [0.1, 0.15) is 19.8 Å². The fraction of sp³-hybridized carbons (Fsp3) is 0.857. The number of nitrogens with one attached hydrogen (secondary N) is 1. The quantitative estimate of drug-likeness (QED) is 0.555. The molecular weight excluding hydrogens is 144 g/mol. The van der Waals surface area contributed by atoms with Gasteiger partial charge in [0.1, 0.15) is 0 Å². The van der Waals surface area contributed by atoms with E-state index in [0.29, 0.717) is 13.2 Å². The Kier molecular flexibility index (Phi) is 6.82. The Bertz CT molecular complexity index is 107. The van der Waals surface area contributed by atoms with Crippen molar-refractivity contribution >= 4 is 6.03 Å². The van der Waals surface area contributed by atoms with Crippen molar-refractivity contribution in [1.29, 1.82) is 0 Å². The molecule has 0 aliphatic carbocycles. The summed E-state index contributed by atoms with van der Waals surface area (Å²) >= 11 is 0. The first-order valence-corrected chi connectivity index (χ1v) is 3.88. The molecule has 0 aliphatic heterocycles. The van der Waals surface area contributed by atoms with Crippen LogP contribution in [0, 0.1) is 0 Å². The maximum absolute atomic E-state index is 10.1. The second-order valence-corrected chi connectivity index (χ2v) is 2.26. The first-order chi connectivity index (χ1) is 5.27. The standard InChI is InChI=1S/C7H16N2O2/c1-2-3-5-11-6-4-9-7(8)10/h2-6H2,1H3,(H3,8,9,10). The zero-order chi connectivity index (χ0) is 8.53. The van der Waals surface area contributed by atoms with E-state index in [4.69, 9.17) is 10.5 Å². The van der Waals surface area contributed by atoms with Gasteiger partial charge in [-0.05, 0) is 6.42 Å². The molecule has 0 saturated heterocycles. The van der Waals surface area contributed by atoms with Crippen LogP contribution in [0.3, 0.4) is 0 Å². The lowest BCUT2D eigenvalue weighted by atomic mass is 10.4. The lowest BCUT2D eigenvalue weighted by molar-refractivity contribution is 0.134. The lowest BCUT2D eigenvalue weighted by Crippen LogP contribution is -2.32. The third-order valence-electron chi connectivity index (χ3n) is 1.19. The molecule has 0 aromatic carbocycles. The molecule has 0 unspecified atom stereocenters. The fourth-order valence-corrected chi connectivity index (χ4v) is 0.595. The highest BCUT2D eigenvalue weighted by Gasteiger charge is 1.90. The monoisotopic (exact) mass is 160 g/mol. The van der Waals surface area contributed by atoms with E-state index < -0.39 is 6.03 Å². The Balaban J connectivity index is 2.85. The molecule has 0 heterocycles. The van der Waals surface area contributed by atoms with E-state index in [0.717, 1.165) is 19.4 Å². The highest BCUT2D eigenvalue weighted by molar-refractivity contribution is 5.71. The summed E-state index contributed by atoms with van der Waals surface area (Å²) in [5, 5.41) is 2.44. The molecule has 0 atom stereocenters. The van der Waals surface area contributed by atoms with E-state index in [1.165, 1.54) is 0 Å². The smallest absolute Gasteiger partial charge is 0.312 e. The first kappa shape index (κ1) is 10.2. The van der Waals surface area contributed by atoms with Crippen molar-refractivity contribution in [3.8, 4) is 0 Å². The van der Waals surface area contributed by atoms with Gasteiger partial charge in [0.2, 0.25) is 0 Å². The predicted octanol–water partition coefficient (Wildman–Crippen LogP) is 0.471. The molecule has 0 rings (SSSR count). The minimum atomic E-state index is -0.496. The first-order valence-electron chi connectivity index (χ1n) is 3.88. The number of rotatable bonds is 6. The largest absolute Gasteiger partial charge is 0.380 e. The van der Waals surface area contributed by atoms with Crippen molar-refractivity contribution in [2.24, 2.45) is 5.73 Å². The predicted molar refractivity (Wildman–Crippen MR) is 43.3 cm³/mol. The molecule has 0 spiro atoms. The Morgan fingerprint density at radius 2 is 2.27 bits per heavy atom. The van der Waals surface area contributed by atoms with E-state index in [9.17, 15) is 4.79 Å². The van der Waals surface area contributed by atoms with Crippen LogP contribution in [0.15, 0.2) is 0 Å². The molecule has 4 nitrogen and oxygen atoms in total. The average Bonchev–Trinajstić information content (AvgIpc) is 1.96. The van der Waals surface area contributed by atoms with Gasteiger partial charge in [0.05, 0.1) is 6.61 Å². The van der Waals surface area contributed by atoms with Gasteiger partial charge in [-0.2, -0.15) is 0 Å². The van der Waals surface area contributed by atoms with Gasteiger partial charge in [-0.25, -0.2) is 4.79 Å². The van der Waals surface area contributed by atoms with Gasteiger partial charge in [0.15, 0.2) is 0 Å². The van der Waals surface area contributed by atoms with Crippen LogP contribution in [-0.2, 0) is 4.74 Å². The summed E-state index contributed by atoms with van der Waals surface area (Å²) < 4.78 is 5.15. The molecule has 0 saturated carbocycles. The fourth-order valence-electron chi connectivity index (χ4n) is 0.595. The maximum Gasteiger partial charge on any atom is 0.312 e. The number of carbonyl (C=O) groups is 1. The minimum absolute atomic E-state index is 0.496. The van der Waals surface area contributed by atoms with Crippen LogP contribution < -0.4 is 11.1 Å². The van der Waals surface area contributed by atoms with E-state index in [1.54, 1.807) is 0 Å². The highest BCUT2D eigenvalue weighted by Crippen LogP contribution is 1.86. The summed E-state index contributed by atoms with van der Waals surface area (Å²) in [6.45, 7) is 3.91. The Morgan fingerprint density at radius 3 is 2.82 bits per heavy atom. The minimum Gasteiger partial charge on any atom is -0.380 e. The molecule has 0 bridgehead atoms. The van der Waals surface area contributed by atoms with Crippen molar-refractivity contribution in [1.82, 2.24) is 5.32 Å².